The van der Waals surface area contributed by atoms with E-state index >= 15 is 0 Å². The maximum atomic E-state index is 12.7. The number of hydrogen-bond donors (Lipinski definition) is 1. The second-order valence-electron chi connectivity index (χ2n) is 7.27. The van der Waals surface area contributed by atoms with Gasteiger partial charge in [-0.1, -0.05) is 23.2 Å². The molecule has 150 valence electrons. The van der Waals surface area contributed by atoms with Gasteiger partial charge in [0.05, 0.1) is 16.4 Å². The molecule has 0 aliphatic carbocycles. The third-order valence-electron chi connectivity index (χ3n) is 4.96. The molecule has 2 aromatic heterocycles. The summed E-state index contributed by atoms with van der Waals surface area (Å²) < 4.78 is 0.788. The average molecular weight is 428 g/mol. The van der Waals surface area contributed by atoms with Crippen molar-refractivity contribution in [2.24, 2.45) is 0 Å². The van der Waals surface area contributed by atoms with Crippen molar-refractivity contribution < 1.29 is 4.79 Å². The number of aromatic nitrogens is 2. The minimum atomic E-state index is 0.144. The number of piperazine rings is 1. The van der Waals surface area contributed by atoms with Crippen molar-refractivity contribution in [3.05, 3.63) is 57.0 Å². The molecular weight excluding hydrogens is 406 g/mol. The van der Waals surface area contributed by atoms with Gasteiger partial charge >= 0.3 is 0 Å². The molecule has 29 heavy (non-hydrogen) atoms. The van der Waals surface area contributed by atoms with Crippen LogP contribution in [0.5, 0.6) is 0 Å². The summed E-state index contributed by atoms with van der Waals surface area (Å²) in [5.41, 5.74) is 8.95. The molecular formula is C21H22ClN5OS. The molecule has 1 saturated heterocycles. The molecule has 6 nitrogen and oxygen atoms in total. The van der Waals surface area contributed by atoms with Gasteiger partial charge in [-0.05, 0) is 42.8 Å². The fourth-order valence-corrected chi connectivity index (χ4v) is 4.64. The number of nitrogens with two attached hydrogens (primary N) is 1. The third kappa shape index (κ3) is 4.75. The molecule has 0 unspecified atom stereocenters. The van der Waals surface area contributed by atoms with Gasteiger partial charge in [0.25, 0.3) is 0 Å². The van der Waals surface area contributed by atoms with Gasteiger partial charge in [0.2, 0.25) is 5.91 Å². The maximum Gasteiger partial charge on any atom is 0.237 e. The predicted octanol–water partition coefficient (Wildman–Crippen LogP) is 3.67. The van der Waals surface area contributed by atoms with Crippen molar-refractivity contribution in [3.8, 4) is 0 Å². The van der Waals surface area contributed by atoms with Crippen LogP contribution in [-0.2, 0) is 11.3 Å². The van der Waals surface area contributed by atoms with Gasteiger partial charge in [-0.15, -0.1) is 11.3 Å². The zero-order valence-corrected chi connectivity index (χ0v) is 17.7. The van der Waals surface area contributed by atoms with Crippen molar-refractivity contribution in [1.82, 2.24) is 19.8 Å². The highest BCUT2D eigenvalue weighted by atomic mass is 35.5. The number of nitrogen functional groups attached to an aromatic ring is 1. The van der Waals surface area contributed by atoms with Crippen molar-refractivity contribution in [2.45, 2.75) is 13.5 Å². The van der Waals surface area contributed by atoms with E-state index in [0.717, 1.165) is 38.8 Å². The quantitative estimate of drug-likeness (QED) is 0.672. The number of hydrogen-bond acceptors (Lipinski definition) is 6. The molecule has 1 aromatic carbocycles. The Hall–Kier alpha value is -2.48. The van der Waals surface area contributed by atoms with E-state index in [0.29, 0.717) is 25.5 Å². The number of carbonyl (C=O) groups is 1. The summed E-state index contributed by atoms with van der Waals surface area (Å²) in [4.78, 5) is 26.2. The lowest BCUT2D eigenvalue weighted by Crippen LogP contribution is -2.50. The molecule has 1 aliphatic heterocycles. The van der Waals surface area contributed by atoms with E-state index in [1.165, 1.54) is 11.9 Å². The number of amides is 1. The highest BCUT2D eigenvalue weighted by Crippen LogP contribution is 2.24. The van der Waals surface area contributed by atoms with E-state index in [9.17, 15) is 4.79 Å². The summed E-state index contributed by atoms with van der Waals surface area (Å²) in [6.45, 7) is 5.44. The number of nitrogens with zero attached hydrogens (tertiary/aromatic N) is 4. The highest BCUT2D eigenvalue weighted by Gasteiger charge is 2.24. The molecule has 4 rings (SSSR count). The minimum Gasteiger partial charge on any atom is -0.383 e. The third-order valence-corrected chi connectivity index (χ3v) is 6.14. The maximum absolute atomic E-state index is 12.7. The van der Waals surface area contributed by atoms with E-state index in [1.807, 2.05) is 35.2 Å². The fourth-order valence-electron chi connectivity index (χ4n) is 3.55. The molecule has 0 atom stereocenters. The summed E-state index contributed by atoms with van der Waals surface area (Å²) in [5, 5.41) is 0.835. The Balaban J connectivity index is 1.37. The van der Waals surface area contributed by atoms with Crippen LogP contribution in [0.15, 0.2) is 42.2 Å². The van der Waals surface area contributed by atoms with Gasteiger partial charge in [0.15, 0.2) is 0 Å². The second-order valence-corrected chi connectivity index (χ2v) is 9.02. The summed E-state index contributed by atoms with van der Waals surface area (Å²) in [7, 11) is 0. The Kier molecular flexibility index (Phi) is 5.80. The first kappa shape index (κ1) is 19.8. The minimum absolute atomic E-state index is 0.144. The first-order valence-electron chi connectivity index (χ1n) is 9.40. The lowest BCUT2D eigenvalue weighted by atomic mass is 10.1. The van der Waals surface area contributed by atoms with Gasteiger partial charge in [-0.2, -0.15) is 0 Å². The topological polar surface area (TPSA) is 75.3 Å². The zero-order chi connectivity index (χ0) is 20.4. The van der Waals surface area contributed by atoms with E-state index in [-0.39, 0.29) is 5.91 Å². The standard InChI is InChI=1S/C21H22ClN5OS/c1-14(8-16-3-5-19(22)29-16)10-26-6-7-27(20(28)12-26)11-15-2-4-17-18(9-15)24-13-25-21(17)23/h2-5,8-9,13H,6-7,10-12H2,1H3,(H2,23,24,25)/b14-8+. The predicted molar refractivity (Wildman–Crippen MR) is 119 cm³/mol. The molecule has 1 aliphatic rings. The number of halogens is 1. The fraction of sp³-hybridized carbons (Fsp3) is 0.286. The average Bonchev–Trinajstić information content (AvgIpc) is 3.08. The highest BCUT2D eigenvalue weighted by molar-refractivity contribution is 7.17. The molecule has 0 bridgehead atoms. The van der Waals surface area contributed by atoms with Crippen LogP contribution in [0.3, 0.4) is 0 Å². The molecule has 1 fully saturated rings. The van der Waals surface area contributed by atoms with Crippen LogP contribution in [0.25, 0.3) is 17.0 Å². The second kappa shape index (κ2) is 8.49. The molecule has 3 aromatic rings. The lowest BCUT2D eigenvalue weighted by molar-refractivity contribution is -0.136. The van der Waals surface area contributed by atoms with Crippen LogP contribution in [0, 0.1) is 0 Å². The molecule has 0 spiro atoms. The molecule has 3 heterocycles. The largest absolute Gasteiger partial charge is 0.383 e. The number of thiophene rings is 1. The van der Waals surface area contributed by atoms with E-state index < -0.39 is 0 Å². The number of benzene rings is 1. The van der Waals surface area contributed by atoms with E-state index in [2.05, 4.69) is 27.9 Å². The van der Waals surface area contributed by atoms with Crippen LogP contribution >= 0.6 is 22.9 Å². The Morgan fingerprint density at radius 2 is 2.14 bits per heavy atom. The Morgan fingerprint density at radius 3 is 2.90 bits per heavy atom. The monoisotopic (exact) mass is 427 g/mol. The number of rotatable bonds is 5. The van der Waals surface area contributed by atoms with Gasteiger partial charge in [-0.25, -0.2) is 9.97 Å². The van der Waals surface area contributed by atoms with Gasteiger partial charge < -0.3 is 10.6 Å². The zero-order valence-electron chi connectivity index (χ0n) is 16.1. The summed E-state index contributed by atoms with van der Waals surface area (Å²) in [6.07, 6.45) is 3.60. The first-order chi connectivity index (χ1) is 14.0. The molecule has 0 radical (unpaired) electrons. The van der Waals surface area contributed by atoms with Crippen LogP contribution in [0.4, 0.5) is 5.82 Å². The van der Waals surface area contributed by atoms with Crippen molar-refractivity contribution in [1.29, 1.82) is 0 Å². The molecule has 2 N–H and O–H groups in total. The van der Waals surface area contributed by atoms with Gasteiger partial charge in [0.1, 0.15) is 12.1 Å². The lowest BCUT2D eigenvalue weighted by Gasteiger charge is -2.34. The molecule has 1 amide bonds. The summed E-state index contributed by atoms with van der Waals surface area (Å²) >= 11 is 7.55. The summed E-state index contributed by atoms with van der Waals surface area (Å²) in [6, 6.07) is 9.81. The summed E-state index contributed by atoms with van der Waals surface area (Å²) in [5.74, 6) is 0.616. The first-order valence-corrected chi connectivity index (χ1v) is 10.6. The molecule has 8 heteroatoms. The van der Waals surface area contributed by atoms with Crippen LogP contribution < -0.4 is 5.73 Å². The van der Waals surface area contributed by atoms with Crippen LogP contribution in [-0.4, -0.2) is 51.9 Å². The van der Waals surface area contributed by atoms with Crippen LogP contribution in [0.1, 0.15) is 17.4 Å². The van der Waals surface area contributed by atoms with Crippen molar-refractivity contribution in [3.63, 3.8) is 0 Å². The number of anilines is 1. The van der Waals surface area contributed by atoms with E-state index in [1.54, 1.807) is 11.3 Å². The molecule has 0 saturated carbocycles. The van der Waals surface area contributed by atoms with Crippen LogP contribution in [0.2, 0.25) is 4.34 Å². The Bertz CT molecular complexity index is 1080. The SMILES string of the molecule is C/C(=C\c1ccc(Cl)s1)CN1CCN(Cc2ccc3c(N)ncnc3c2)C(=O)C1. The Morgan fingerprint density at radius 1 is 1.28 bits per heavy atom. The Labute approximate surface area is 178 Å². The van der Waals surface area contributed by atoms with Gasteiger partial charge in [-0.3, -0.25) is 9.69 Å². The van der Waals surface area contributed by atoms with Gasteiger partial charge in [0, 0.05) is 36.4 Å². The van der Waals surface area contributed by atoms with E-state index in [4.69, 9.17) is 17.3 Å². The number of fused-ring (bicyclic) bond motifs is 1. The smallest absolute Gasteiger partial charge is 0.237 e. The van der Waals surface area contributed by atoms with Crippen molar-refractivity contribution in [2.75, 3.05) is 31.9 Å². The number of carbonyl (C=O) groups excluding carboxylic acids is 1. The van der Waals surface area contributed by atoms with Crippen molar-refractivity contribution >= 4 is 51.6 Å². The normalized spacial score (nSPS) is 16.0.